The van der Waals surface area contributed by atoms with Gasteiger partial charge < -0.3 is 15.5 Å². The van der Waals surface area contributed by atoms with Crippen molar-refractivity contribution < 1.29 is 0 Å². The van der Waals surface area contributed by atoms with Crippen molar-refractivity contribution in [2.45, 2.75) is 59.0 Å². The minimum Gasteiger partial charge on any atom is -0.372 e. The highest BCUT2D eigenvalue weighted by molar-refractivity contribution is 14.0. The Hall–Kier alpha value is -1.77. The van der Waals surface area contributed by atoms with E-state index < -0.39 is 0 Å². The molecule has 1 aliphatic heterocycles. The molecule has 1 aromatic carbocycles. The standard InChI is InChI=1S/C23H36N6.HI/c1-6-21-20(22(7-2)28(5)27-21)16-25-23(24-4)26-17(3)18-11-10-12-19(15-18)29-13-8-9-14-29;/h10-12,15,17H,6-9,13-14,16H2,1-5H3,(H2,24,25,26);1H. The van der Waals surface area contributed by atoms with E-state index in [0.717, 1.165) is 25.3 Å². The van der Waals surface area contributed by atoms with E-state index in [0.29, 0.717) is 0 Å². The number of aliphatic imine (C=N–C) groups is 1. The molecule has 1 saturated heterocycles. The summed E-state index contributed by atoms with van der Waals surface area (Å²) in [6.45, 7) is 9.60. The highest BCUT2D eigenvalue weighted by atomic mass is 127. The summed E-state index contributed by atoms with van der Waals surface area (Å²) < 4.78 is 2.01. The van der Waals surface area contributed by atoms with Crippen molar-refractivity contribution in [2.75, 3.05) is 25.0 Å². The smallest absolute Gasteiger partial charge is 0.191 e. The number of aromatic nitrogens is 2. The van der Waals surface area contributed by atoms with E-state index in [1.807, 2.05) is 18.8 Å². The van der Waals surface area contributed by atoms with E-state index in [1.165, 1.54) is 54.1 Å². The highest BCUT2D eigenvalue weighted by Crippen LogP contribution is 2.24. The van der Waals surface area contributed by atoms with Crippen LogP contribution in [0.25, 0.3) is 0 Å². The summed E-state index contributed by atoms with van der Waals surface area (Å²) in [5, 5.41) is 11.7. The number of hydrogen-bond acceptors (Lipinski definition) is 3. The molecule has 30 heavy (non-hydrogen) atoms. The first-order chi connectivity index (χ1) is 14.1. The van der Waals surface area contributed by atoms with Crippen LogP contribution in [0.15, 0.2) is 29.3 Å². The molecule has 6 nitrogen and oxygen atoms in total. The Labute approximate surface area is 198 Å². The van der Waals surface area contributed by atoms with E-state index >= 15 is 0 Å². The van der Waals surface area contributed by atoms with Gasteiger partial charge in [0.05, 0.1) is 11.7 Å². The molecule has 1 atom stereocenters. The molecule has 2 aromatic rings. The SMILES string of the molecule is CCc1nn(C)c(CC)c1CNC(=NC)NC(C)c1cccc(N2CCCC2)c1.I. The first-order valence-corrected chi connectivity index (χ1v) is 10.9. The number of rotatable bonds is 7. The Bertz CT molecular complexity index is 838. The predicted octanol–water partition coefficient (Wildman–Crippen LogP) is 4.19. The zero-order chi connectivity index (χ0) is 20.8. The van der Waals surface area contributed by atoms with Crippen LogP contribution in [0.1, 0.15) is 62.2 Å². The van der Waals surface area contributed by atoms with Crippen molar-refractivity contribution in [1.29, 1.82) is 0 Å². The molecule has 0 radical (unpaired) electrons. The lowest BCUT2D eigenvalue weighted by atomic mass is 10.1. The molecule has 2 N–H and O–H groups in total. The Balaban J connectivity index is 0.00000320. The number of halogens is 1. The van der Waals surface area contributed by atoms with Crippen molar-refractivity contribution in [1.82, 2.24) is 20.4 Å². The van der Waals surface area contributed by atoms with Crippen molar-refractivity contribution in [3.05, 3.63) is 46.8 Å². The van der Waals surface area contributed by atoms with E-state index in [1.54, 1.807) is 0 Å². The first-order valence-electron chi connectivity index (χ1n) is 10.9. The van der Waals surface area contributed by atoms with Gasteiger partial charge in [-0.15, -0.1) is 24.0 Å². The Morgan fingerprint density at radius 2 is 1.93 bits per heavy atom. The van der Waals surface area contributed by atoms with Gasteiger partial charge >= 0.3 is 0 Å². The number of hydrogen-bond donors (Lipinski definition) is 2. The second-order valence-electron chi connectivity index (χ2n) is 7.78. The molecule has 1 aliphatic rings. The molecule has 7 heteroatoms. The largest absolute Gasteiger partial charge is 0.372 e. The number of aryl methyl sites for hydroxylation is 2. The number of nitrogens with zero attached hydrogens (tertiary/aromatic N) is 4. The van der Waals surface area contributed by atoms with Gasteiger partial charge in [-0.1, -0.05) is 26.0 Å². The van der Waals surface area contributed by atoms with Gasteiger partial charge in [0.2, 0.25) is 0 Å². The lowest BCUT2D eigenvalue weighted by Gasteiger charge is -2.22. The fraction of sp³-hybridized carbons (Fsp3) is 0.565. The molecule has 1 aromatic heterocycles. The maximum absolute atomic E-state index is 4.67. The van der Waals surface area contributed by atoms with E-state index in [-0.39, 0.29) is 30.0 Å². The zero-order valence-corrected chi connectivity index (χ0v) is 21.4. The van der Waals surface area contributed by atoms with Gasteiger partial charge in [-0.25, -0.2) is 0 Å². The van der Waals surface area contributed by atoms with Crippen LogP contribution in [0.2, 0.25) is 0 Å². The second kappa shape index (κ2) is 11.6. The van der Waals surface area contributed by atoms with Crippen molar-refractivity contribution >= 4 is 35.6 Å². The van der Waals surface area contributed by atoms with Crippen molar-refractivity contribution in [3.63, 3.8) is 0 Å². The Kier molecular flexibility index (Phi) is 9.45. The number of guanidine groups is 1. The van der Waals surface area contributed by atoms with Crippen LogP contribution in [0.4, 0.5) is 5.69 Å². The molecular formula is C23H37IN6. The maximum atomic E-state index is 4.67. The predicted molar refractivity (Wildman–Crippen MR) is 137 cm³/mol. The summed E-state index contributed by atoms with van der Waals surface area (Å²) in [5.41, 5.74) is 6.35. The molecular weight excluding hydrogens is 487 g/mol. The molecule has 0 saturated carbocycles. The van der Waals surface area contributed by atoms with E-state index in [2.05, 4.69) is 70.7 Å². The van der Waals surface area contributed by atoms with Crippen LogP contribution in [-0.4, -0.2) is 35.9 Å². The van der Waals surface area contributed by atoms with Gasteiger partial charge in [0.15, 0.2) is 5.96 Å². The lowest BCUT2D eigenvalue weighted by molar-refractivity contribution is 0.681. The fourth-order valence-corrected chi connectivity index (χ4v) is 4.22. The third-order valence-electron chi connectivity index (χ3n) is 5.88. The molecule has 0 amide bonds. The molecule has 0 bridgehead atoms. The molecule has 2 heterocycles. The average molecular weight is 524 g/mol. The van der Waals surface area contributed by atoms with Crippen molar-refractivity contribution in [3.8, 4) is 0 Å². The monoisotopic (exact) mass is 524 g/mol. The van der Waals surface area contributed by atoms with E-state index in [4.69, 9.17) is 0 Å². The minimum absolute atomic E-state index is 0. The highest BCUT2D eigenvalue weighted by Gasteiger charge is 2.16. The third-order valence-corrected chi connectivity index (χ3v) is 5.88. The van der Waals surface area contributed by atoms with Crippen LogP contribution in [0.3, 0.4) is 0 Å². The molecule has 1 unspecified atom stereocenters. The molecule has 0 aliphatic carbocycles. The quantitative estimate of drug-likeness (QED) is 0.324. The Morgan fingerprint density at radius 3 is 2.57 bits per heavy atom. The summed E-state index contributed by atoms with van der Waals surface area (Å²) in [4.78, 5) is 6.92. The summed E-state index contributed by atoms with van der Waals surface area (Å²) in [7, 11) is 3.86. The fourth-order valence-electron chi connectivity index (χ4n) is 4.22. The second-order valence-corrected chi connectivity index (χ2v) is 7.78. The van der Waals surface area contributed by atoms with Gasteiger partial charge in [0, 0.05) is 50.7 Å². The molecule has 0 spiro atoms. The topological polar surface area (TPSA) is 57.5 Å². The number of benzene rings is 1. The maximum Gasteiger partial charge on any atom is 0.191 e. The zero-order valence-electron chi connectivity index (χ0n) is 19.0. The van der Waals surface area contributed by atoms with Gasteiger partial charge in [0.1, 0.15) is 0 Å². The Morgan fingerprint density at radius 1 is 1.20 bits per heavy atom. The van der Waals surface area contributed by atoms with Crippen LogP contribution >= 0.6 is 24.0 Å². The van der Waals surface area contributed by atoms with Gasteiger partial charge in [0.25, 0.3) is 0 Å². The molecule has 1 fully saturated rings. The van der Waals surface area contributed by atoms with Crippen LogP contribution < -0.4 is 15.5 Å². The molecule has 3 rings (SSSR count). The average Bonchev–Trinajstić information content (AvgIpc) is 3.38. The van der Waals surface area contributed by atoms with Gasteiger partial charge in [-0.2, -0.15) is 5.10 Å². The number of anilines is 1. The number of nitrogens with one attached hydrogen (secondary N) is 2. The summed E-state index contributed by atoms with van der Waals surface area (Å²) in [5.74, 6) is 0.817. The molecule has 166 valence electrons. The van der Waals surface area contributed by atoms with Gasteiger partial charge in [-0.05, 0) is 50.3 Å². The first kappa shape index (κ1) is 24.5. The van der Waals surface area contributed by atoms with Crippen LogP contribution in [0.5, 0.6) is 0 Å². The minimum atomic E-state index is 0. The summed E-state index contributed by atoms with van der Waals surface area (Å²) >= 11 is 0. The van der Waals surface area contributed by atoms with Crippen LogP contribution in [0, 0.1) is 0 Å². The lowest BCUT2D eigenvalue weighted by Crippen LogP contribution is -2.38. The van der Waals surface area contributed by atoms with Gasteiger partial charge in [-0.3, -0.25) is 9.67 Å². The normalized spacial score (nSPS) is 15.1. The summed E-state index contributed by atoms with van der Waals surface area (Å²) in [6.07, 6.45) is 4.51. The van der Waals surface area contributed by atoms with E-state index in [9.17, 15) is 0 Å². The van der Waals surface area contributed by atoms with Crippen molar-refractivity contribution in [2.24, 2.45) is 12.0 Å². The van der Waals surface area contributed by atoms with Crippen LogP contribution in [-0.2, 0) is 26.4 Å². The third kappa shape index (κ3) is 5.68. The summed E-state index contributed by atoms with van der Waals surface area (Å²) in [6, 6.07) is 9.05.